The topological polar surface area (TPSA) is 142 Å². The molecule has 0 heterocycles. The summed E-state index contributed by atoms with van der Waals surface area (Å²) in [5, 5.41) is 23.8. The van der Waals surface area contributed by atoms with Gasteiger partial charge in [0.2, 0.25) is 0 Å². The van der Waals surface area contributed by atoms with Gasteiger partial charge in [0.05, 0.1) is 28.1 Å². The van der Waals surface area contributed by atoms with Crippen molar-refractivity contribution in [1.29, 1.82) is 0 Å². The molecule has 122 valence electrons. The van der Waals surface area contributed by atoms with Gasteiger partial charge in [0.15, 0.2) is 0 Å². The average molecular weight is 323 g/mol. The summed E-state index contributed by atoms with van der Waals surface area (Å²) in [6.07, 6.45) is 1.02. The maximum Gasteiger partial charge on any atom is 0.332 e. The van der Waals surface area contributed by atoms with E-state index in [0.29, 0.717) is 0 Å². The molecule has 10 heteroatoms. The fourth-order valence-electron chi connectivity index (χ4n) is 1.59. The minimum absolute atomic E-state index is 0.127. The quantitative estimate of drug-likeness (QED) is 0.363. The number of esters is 1. The first kappa shape index (κ1) is 17.8. The summed E-state index contributed by atoms with van der Waals surface area (Å²) in [6.45, 7) is 3.18. The fourth-order valence-corrected chi connectivity index (χ4v) is 1.59. The summed E-state index contributed by atoms with van der Waals surface area (Å²) in [7, 11) is 0. The molecule has 1 aromatic carbocycles. The van der Waals surface area contributed by atoms with Gasteiger partial charge >= 0.3 is 5.97 Å². The van der Waals surface area contributed by atoms with E-state index in [9.17, 15) is 29.8 Å². The van der Waals surface area contributed by atoms with E-state index in [1.807, 2.05) is 0 Å². The fraction of sp³-hybridized carbons (Fsp3) is 0.231. The molecule has 0 atom stereocenters. The molecule has 0 aliphatic carbocycles. The van der Waals surface area contributed by atoms with Crippen LogP contribution in [0.4, 0.5) is 11.4 Å². The van der Waals surface area contributed by atoms with Crippen molar-refractivity contribution < 1.29 is 24.2 Å². The van der Waals surface area contributed by atoms with E-state index >= 15 is 0 Å². The van der Waals surface area contributed by atoms with Crippen LogP contribution >= 0.6 is 0 Å². The number of nitro benzene ring substituents is 2. The van der Waals surface area contributed by atoms with Gasteiger partial charge in [-0.05, 0) is 13.8 Å². The number of carbonyl (C=O) groups is 2. The Morgan fingerprint density at radius 1 is 1.17 bits per heavy atom. The highest BCUT2D eigenvalue weighted by molar-refractivity contribution is 5.97. The molecule has 10 nitrogen and oxygen atoms in total. The predicted molar refractivity (Wildman–Crippen MR) is 77.6 cm³/mol. The number of ether oxygens (including phenoxy) is 1. The van der Waals surface area contributed by atoms with Gasteiger partial charge in [-0.15, -0.1) is 0 Å². The molecule has 0 unspecified atom stereocenters. The number of carbonyl (C=O) groups excluding carboxylic acids is 2. The first-order valence-corrected chi connectivity index (χ1v) is 6.35. The highest BCUT2D eigenvalue weighted by Crippen LogP contribution is 2.22. The Hall–Kier alpha value is -3.30. The minimum Gasteiger partial charge on any atom is -0.463 e. The van der Waals surface area contributed by atoms with Gasteiger partial charge in [-0.2, -0.15) is 0 Å². The molecule has 0 spiro atoms. The second-order valence-electron chi connectivity index (χ2n) is 4.29. The lowest BCUT2D eigenvalue weighted by molar-refractivity contribution is -0.394. The zero-order valence-electron chi connectivity index (χ0n) is 12.3. The number of hydrogen-bond donors (Lipinski definition) is 1. The highest BCUT2D eigenvalue weighted by Gasteiger charge is 2.20. The molecule has 0 aliphatic rings. The molecular weight excluding hydrogens is 310 g/mol. The van der Waals surface area contributed by atoms with Crippen LogP contribution in [0.15, 0.2) is 30.0 Å². The van der Waals surface area contributed by atoms with Crippen molar-refractivity contribution in [2.75, 3.05) is 6.61 Å². The zero-order chi connectivity index (χ0) is 17.6. The molecule has 23 heavy (non-hydrogen) atoms. The molecular formula is C13H13N3O7. The van der Waals surface area contributed by atoms with E-state index in [2.05, 4.69) is 10.1 Å². The molecule has 1 amide bonds. The molecule has 0 aromatic heterocycles. The third kappa shape index (κ3) is 5.19. The Morgan fingerprint density at radius 3 is 2.13 bits per heavy atom. The SMILES string of the molecule is CCOC(=O)/C=C(\C)NC(=O)c1cc([N+](=O)[O-])cc([N+](=O)[O-])c1. The summed E-state index contributed by atoms with van der Waals surface area (Å²) in [5.41, 5.74) is -1.32. The summed E-state index contributed by atoms with van der Waals surface area (Å²) in [6, 6.07) is 2.55. The smallest absolute Gasteiger partial charge is 0.332 e. The number of nitro groups is 2. The van der Waals surface area contributed by atoms with E-state index in [-0.39, 0.29) is 17.9 Å². The van der Waals surface area contributed by atoms with Gasteiger partial charge in [0, 0.05) is 23.9 Å². The van der Waals surface area contributed by atoms with Crippen molar-refractivity contribution in [2.24, 2.45) is 0 Å². The molecule has 1 N–H and O–H groups in total. The first-order valence-electron chi connectivity index (χ1n) is 6.35. The average Bonchev–Trinajstić information content (AvgIpc) is 2.46. The maximum absolute atomic E-state index is 12.0. The van der Waals surface area contributed by atoms with Crippen molar-refractivity contribution in [3.63, 3.8) is 0 Å². The number of nitrogens with one attached hydrogen (secondary N) is 1. The lowest BCUT2D eigenvalue weighted by atomic mass is 10.1. The Morgan fingerprint density at radius 2 is 1.70 bits per heavy atom. The first-order chi connectivity index (χ1) is 10.7. The van der Waals surface area contributed by atoms with Crippen LogP contribution in [0.1, 0.15) is 24.2 Å². The number of allylic oxidation sites excluding steroid dienone is 1. The number of rotatable bonds is 6. The third-order valence-corrected chi connectivity index (χ3v) is 2.52. The normalized spacial score (nSPS) is 10.8. The van der Waals surface area contributed by atoms with Crippen LogP contribution in [0.5, 0.6) is 0 Å². The Kier molecular flexibility index (Phi) is 5.89. The van der Waals surface area contributed by atoms with E-state index in [1.165, 1.54) is 6.92 Å². The molecule has 0 aliphatic heterocycles. The maximum atomic E-state index is 12.0. The predicted octanol–water partition coefficient (Wildman–Crippen LogP) is 1.70. The van der Waals surface area contributed by atoms with Gasteiger partial charge < -0.3 is 10.1 Å². The lowest BCUT2D eigenvalue weighted by Crippen LogP contribution is -2.22. The van der Waals surface area contributed by atoms with E-state index in [0.717, 1.165) is 24.3 Å². The van der Waals surface area contributed by atoms with Crippen LogP contribution in [0.3, 0.4) is 0 Å². The largest absolute Gasteiger partial charge is 0.463 e. The summed E-state index contributed by atoms with van der Waals surface area (Å²) < 4.78 is 4.66. The number of hydrogen-bond acceptors (Lipinski definition) is 7. The van der Waals surface area contributed by atoms with Crippen molar-refractivity contribution in [3.05, 3.63) is 55.8 Å². The molecule has 0 radical (unpaired) electrons. The number of amides is 1. The van der Waals surface area contributed by atoms with E-state index in [1.54, 1.807) is 6.92 Å². The Bertz CT molecular complexity index is 665. The minimum atomic E-state index is -0.842. The zero-order valence-corrected chi connectivity index (χ0v) is 12.3. The second-order valence-corrected chi connectivity index (χ2v) is 4.29. The van der Waals surface area contributed by atoms with Crippen molar-refractivity contribution in [2.45, 2.75) is 13.8 Å². The van der Waals surface area contributed by atoms with Crippen molar-refractivity contribution in [1.82, 2.24) is 5.32 Å². The van der Waals surface area contributed by atoms with Crippen LogP contribution in [0, 0.1) is 20.2 Å². The summed E-state index contributed by atoms with van der Waals surface area (Å²) in [4.78, 5) is 43.1. The summed E-state index contributed by atoms with van der Waals surface area (Å²) >= 11 is 0. The second kappa shape index (κ2) is 7.64. The van der Waals surface area contributed by atoms with E-state index in [4.69, 9.17) is 0 Å². The Balaban J connectivity index is 3.05. The van der Waals surface area contributed by atoms with E-state index < -0.39 is 33.1 Å². The molecule has 0 saturated carbocycles. The Labute approximate surface area is 130 Å². The molecule has 0 fully saturated rings. The monoisotopic (exact) mass is 323 g/mol. The van der Waals surface area contributed by atoms with Gasteiger partial charge in [-0.1, -0.05) is 0 Å². The van der Waals surface area contributed by atoms with Crippen molar-refractivity contribution in [3.8, 4) is 0 Å². The molecule has 1 rings (SSSR count). The summed E-state index contributed by atoms with van der Waals surface area (Å²) in [5.74, 6) is -1.50. The molecule has 0 saturated heterocycles. The van der Waals surface area contributed by atoms with Gasteiger partial charge in [0.1, 0.15) is 0 Å². The third-order valence-electron chi connectivity index (χ3n) is 2.52. The lowest BCUT2D eigenvalue weighted by Gasteiger charge is -2.05. The molecule has 0 bridgehead atoms. The van der Waals surface area contributed by atoms with Crippen LogP contribution in [0.2, 0.25) is 0 Å². The van der Waals surface area contributed by atoms with Crippen LogP contribution in [0.25, 0.3) is 0 Å². The number of nitrogens with zero attached hydrogens (tertiary/aromatic N) is 2. The number of benzene rings is 1. The van der Waals surface area contributed by atoms with Crippen molar-refractivity contribution >= 4 is 23.3 Å². The number of non-ortho nitro benzene ring substituents is 2. The van der Waals surface area contributed by atoms with Gasteiger partial charge in [-0.3, -0.25) is 25.0 Å². The van der Waals surface area contributed by atoms with Gasteiger partial charge in [-0.25, -0.2) is 4.79 Å². The van der Waals surface area contributed by atoms with Crippen LogP contribution < -0.4 is 5.32 Å². The van der Waals surface area contributed by atoms with Crippen LogP contribution in [-0.2, 0) is 9.53 Å². The van der Waals surface area contributed by atoms with Crippen LogP contribution in [-0.4, -0.2) is 28.3 Å². The highest BCUT2D eigenvalue weighted by atomic mass is 16.6. The van der Waals surface area contributed by atoms with Gasteiger partial charge in [0.25, 0.3) is 17.3 Å². The standard InChI is InChI=1S/C13H13N3O7/c1-3-23-12(17)4-8(2)14-13(18)9-5-10(15(19)20)7-11(6-9)16(21)22/h4-7H,3H2,1-2H3,(H,14,18)/b8-4+. The molecule has 1 aromatic rings.